The van der Waals surface area contributed by atoms with Gasteiger partial charge in [0.05, 0.1) is 20.3 Å². The maximum atomic E-state index is 12.7. The third-order valence-corrected chi connectivity index (χ3v) is 4.25. The van der Waals surface area contributed by atoms with Crippen molar-refractivity contribution in [2.75, 3.05) is 27.3 Å². The Bertz CT molecular complexity index is 639. The molecule has 0 atom stereocenters. The molecule has 0 bridgehead atoms. The molecule has 1 aromatic carbocycles. The van der Waals surface area contributed by atoms with Gasteiger partial charge in [0.2, 0.25) is 0 Å². The molecule has 122 valence electrons. The first-order chi connectivity index (χ1) is 11.2. The van der Waals surface area contributed by atoms with E-state index in [1.54, 1.807) is 38.6 Å². The van der Waals surface area contributed by atoms with Crippen molar-refractivity contribution in [2.45, 2.75) is 18.9 Å². The fourth-order valence-electron chi connectivity index (χ4n) is 2.94. The predicted octanol–water partition coefficient (Wildman–Crippen LogP) is 2.38. The predicted molar refractivity (Wildman–Crippen MR) is 85.9 cm³/mol. The standard InChI is InChI=1S/C17H21N3O3/c1-22-15-10-13(11-16(12-15)23-2)17(21)19-8-4-14(5-9-19)20-7-3-6-18-20/h3,6-7,10-12,14H,4-5,8-9H2,1-2H3. The minimum atomic E-state index is 0.0149. The van der Waals surface area contributed by atoms with E-state index in [-0.39, 0.29) is 5.91 Å². The van der Waals surface area contributed by atoms with Gasteiger partial charge in [-0.3, -0.25) is 9.48 Å². The van der Waals surface area contributed by atoms with E-state index < -0.39 is 0 Å². The maximum Gasteiger partial charge on any atom is 0.254 e. The molecular weight excluding hydrogens is 294 g/mol. The molecule has 1 amide bonds. The van der Waals surface area contributed by atoms with E-state index in [2.05, 4.69) is 5.10 Å². The normalized spacial score (nSPS) is 15.5. The lowest BCUT2D eigenvalue weighted by molar-refractivity contribution is 0.0689. The van der Waals surface area contributed by atoms with Gasteiger partial charge >= 0.3 is 0 Å². The van der Waals surface area contributed by atoms with Gasteiger partial charge in [-0.1, -0.05) is 0 Å². The number of piperidine rings is 1. The highest BCUT2D eigenvalue weighted by atomic mass is 16.5. The smallest absolute Gasteiger partial charge is 0.254 e. The molecule has 1 aliphatic rings. The number of benzene rings is 1. The zero-order chi connectivity index (χ0) is 16.2. The summed E-state index contributed by atoms with van der Waals surface area (Å²) in [4.78, 5) is 14.6. The second-order valence-electron chi connectivity index (χ2n) is 5.61. The largest absolute Gasteiger partial charge is 0.497 e. The Hall–Kier alpha value is -2.50. The molecule has 1 fully saturated rings. The monoisotopic (exact) mass is 315 g/mol. The van der Waals surface area contributed by atoms with Crippen LogP contribution in [0.2, 0.25) is 0 Å². The topological polar surface area (TPSA) is 56.6 Å². The summed E-state index contributed by atoms with van der Waals surface area (Å²) in [5, 5.41) is 4.29. The van der Waals surface area contributed by atoms with Gasteiger partial charge in [-0.25, -0.2) is 0 Å². The molecule has 0 radical (unpaired) electrons. The van der Waals surface area contributed by atoms with Gasteiger partial charge in [-0.2, -0.15) is 5.10 Å². The molecule has 1 saturated heterocycles. The lowest BCUT2D eigenvalue weighted by Gasteiger charge is -2.32. The highest BCUT2D eigenvalue weighted by molar-refractivity contribution is 5.95. The van der Waals surface area contributed by atoms with Crippen LogP contribution in [0.1, 0.15) is 29.2 Å². The van der Waals surface area contributed by atoms with Gasteiger partial charge in [0, 0.05) is 37.1 Å². The lowest BCUT2D eigenvalue weighted by Crippen LogP contribution is -2.39. The molecule has 1 aliphatic heterocycles. The van der Waals surface area contributed by atoms with E-state index in [1.165, 1.54) is 0 Å². The fraction of sp³-hybridized carbons (Fsp3) is 0.412. The van der Waals surface area contributed by atoms with Crippen molar-refractivity contribution in [3.63, 3.8) is 0 Å². The number of rotatable bonds is 4. The van der Waals surface area contributed by atoms with E-state index in [1.807, 2.05) is 21.8 Å². The van der Waals surface area contributed by atoms with E-state index in [0.29, 0.717) is 23.1 Å². The number of nitrogens with zero attached hydrogens (tertiary/aromatic N) is 3. The molecule has 6 heteroatoms. The van der Waals surface area contributed by atoms with Crippen LogP contribution in [0.3, 0.4) is 0 Å². The second-order valence-corrected chi connectivity index (χ2v) is 5.61. The maximum absolute atomic E-state index is 12.7. The van der Waals surface area contributed by atoms with Gasteiger partial charge in [0.15, 0.2) is 0 Å². The minimum absolute atomic E-state index is 0.0149. The molecule has 23 heavy (non-hydrogen) atoms. The Morgan fingerprint density at radius 2 is 1.78 bits per heavy atom. The molecule has 2 aromatic rings. The van der Waals surface area contributed by atoms with Gasteiger partial charge in [0.25, 0.3) is 5.91 Å². The summed E-state index contributed by atoms with van der Waals surface area (Å²) in [5.74, 6) is 1.26. The van der Waals surface area contributed by atoms with Crippen LogP contribution >= 0.6 is 0 Å². The number of carbonyl (C=O) groups is 1. The molecule has 0 unspecified atom stereocenters. The summed E-state index contributed by atoms with van der Waals surface area (Å²) < 4.78 is 12.5. The van der Waals surface area contributed by atoms with Crippen molar-refractivity contribution in [2.24, 2.45) is 0 Å². The van der Waals surface area contributed by atoms with Crippen molar-refractivity contribution in [1.82, 2.24) is 14.7 Å². The van der Waals surface area contributed by atoms with Crippen molar-refractivity contribution >= 4 is 5.91 Å². The Balaban J connectivity index is 1.70. The highest BCUT2D eigenvalue weighted by Crippen LogP contribution is 2.26. The van der Waals surface area contributed by atoms with Crippen LogP contribution in [0.5, 0.6) is 11.5 Å². The Morgan fingerprint density at radius 3 is 2.30 bits per heavy atom. The molecule has 3 rings (SSSR count). The van der Waals surface area contributed by atoms with Crippen LogP contribution in [0, 0.1) is 0 Å². The number of hydrogen-bond donors (Lipinski definition) is 0. The molecular formula is C17H21N3O3. The Kier molecular flexibility index (Phi) is 4.50. The number of amides is 1. The zero-order valence-corrected chi connectivity index (χ0v) is 13.4. The highest BCUT2D eigenvalue weighted by Gasteiger charge is 2.25. The first-order valence-corrected chi connectivity index (χ1v) is 7.72. The molecule has 0 spiro atoms. The number of likely N-dealkylation sites (tertiary alicyclic amines) is 1. The first-order valence-electron chi connectivity index (χ1n) is 7.72. The quantitative estimate of drug-likeness (QED) is 0.869. The van der Waals surface area contributed by atoms with Crippen LogP contribution < -0.4 is 9.47 Å². The van der Waals surface area contributed by atoms with Crippen LogP contribution in [0.25, 0.3) is 0 Å². The molecule has 6 nitrogen and oxygen atoms in total. The first kappa shape index (κ1) is 15.4. The van der Waals surface area contributed by atoms with E-state index in [4.69, 9.17) is 9.47 Å². The number of hydrogen-bond acceptors (Lipinski definition) is 4. The summed E-state index contributed by atoms with van der Waals surface area (Å²) in [5.41, 5.74) is 0.596. The lowest BCUT2D eigenvalue weighted by atomic mass is 10.0. The minimum Gasteiger partial charge on any atom is -0.497 e. The van der Waals surface area contributed by atoms with Gasteiger partial charge in [0.1, 0.15) is 11.5 Å². The molecule has 0 N–H and O–H groups in total. The van der Waals surface area contributed by atoms with Crippen LogP contribution in [0.15, 0.2) is 36.7 Å². The van der Waals surface area contributed by atoms with Crippen molar-refractivity contribution in [1.29, 1.82) is 0 Å². The van der Waals surface area contributed by atoms with Crippen molar-refractivity contribution in [3.8, 4) is 11.5 Å². The Labute approximate surface area is 135 Å². The summed E-state index contributed by atoms with van der Waals surface area (Å²) in [7, 11) is 3.16. The number of ether oxygens (including phenoxy) is 2. The average molecular weight is 315 g/mol. The number of methoxy groups -OCH3 is 2. The molecule has 0 aliphatic carbocycles. The SMILES string of the molecule is COc1cc(OC)cc(C(=O)N2CCC(n3cccn3)CC2)c1. The number of carbonyl (C=O) groups excluding carboxylic acids is 1. The van der Waals surface area contributed by atoms with E-state index in [0.717, 1.165) is 25.9 Å². The molecule has 2 heterocycles. The zero-order valence-electron chi connectivity index (χ0n) is 13.4. The third kappa shape index (κ3) is 3.31. The second kappa shape index (κ2) is 6.73. The summed E-state index contributed by atoms with van der Waals surface area (Å²) >= 11 is 0. The van der Waals surface area contributed by atoms with E-state index >= 15 is 0 Å². The van der Waals surface area contributed by atoms with Gasteiger partial charge in [-0.15, -0.1) is 0 Å². The summed E-state index contributed by atoms with van der Waals surface area (Å²) in [6.45, 7) is 1.45. The third-order valence-electron chi connectivity index (χ3n) is 4.25. The van der Waals surface area contributed by atoms with Crippen LogP contribution in [0.4, 0.5) is 0 Å². The van der Waals surface area contributed by atoms with Crippen LogP contribution in [-0.2, 0) is 0 Å². The van der Waals surface area contributed by atoms with Gasteiger partial charge < -0.3 is 14.4 Å². The van der Waals surface area contributed by atoms with Crippen molar-refractivity contribution < 1.29 is 14.3 Å². The summed E-state index contributed by atoms with van der Waals surface area (Å²) in [6, 6.07) is 7.57. The molecule has 0 saturated carbocycles. The van der Waals surface area contributed by atoms with Gasteiger partial charge in [-0.05, 0) is 31.0 Å². The fourth-order valence-corrected chi connectivity index (χ4v) is 2.94. The Morgan fingerprint density at radius 1 is 1.13 bits per heavy atom. The van der Waals surface area contributed by atoms with Crippen molar-refractivity contribution in [3.05, 3.63) is 42.2 Å². The number of aromatic nitrogens is 2. The molecule has 1 aromatic heterocycles. The van der Waals surface area contributed by atoms with E-state index in [9.17, 15) is 4.79 Å². The average Bonchev–Trinajstić information content (AvgIpc) is 3.15. The van der Waals surface area contributed by atoms with Crippen LogP contribution in [-0.4, -0.2) is 47.9 Å². The summed E-state index contributed by atoms with van der Waals surface area (Å²) in [6.07, 6.45) is 5.60.